The minimum atomic E-state index is -0.723. The summed E-state index contributed by atoms with van der Waals surface area (Å²) in [5.74, 6) is 0.776. The molecule has 0 unspecified atom stereocenters. The number of rotatable bonds is 7. The number of aliphatic hydroxyl groups is 2. The maximum Gasteiger partial charge on any atom is 0.119 e. The van der Waals surface area contributed by atoms with Gasteiger partial charge in [-0.3, -0.25) is 0 Å². The van der Waals surface area contributed by atoms with Gasteiger partial charge in [-0.25, -0.2) is 0 Å². The molecule has 4 heteroatoms. The van der Waals surface area contributed by atoms with E-state index in [1.165, 1.54) is 0 Å². The van der Waals surface area contributed by atoms with Crippen LogP contribution in [-0.2, 0) is 5.41 Å². The SMILES string of the molecule is OCC(CO)(CCOc1ccccc1)c1ccc(Cl)cc1. The fourth-order valence-electron chi connectivity index (χ4n) is 2.22. The quantitative estimate of drug-likeness (QED) is 0.826. The lowest BCUT2D eigenvalue weighted by atomic mass is 9.79. The average molecular weight is 307 g/mol. The first kappa shape index (κ1) is 15.8. The zero-order valence-electron chi connectivity index (χ0n) is 11.7. The van der Waals surface area contributed by atoms with E-state index in [1.807, 2.05) is 42.5 Å². The van der Waals surface area contributed by atoms with Crippen LogP contribution < -0.4 is 4.74 Å². The van der Waals surface area contributed by atoms with Crippen molar-refractivity contribution in [1.29, 1.82) is 0 Å². The van der Waals surface area contributed by atoms with Crippen LogP contribution in [-0.4, -0.2) is 30.0 Å². The minimum Gasteiger partial charge on any atom is -0.494 e. The molecule has 0 aliphatic carbocycles. The van der Waals surface area contributed by atoms with Crippen LogP contribution in [0.4, 0.5) is 0 Å². The van der Waals surface area contributed by atoms with Gasteiger partial charge in [0, 0.05) is 10.4 Å². The third-order valence-corrected chi connectivity index (χ3v) is 3.91. The largest absolute Gasteiger partial charge is 0.494 e. The molecule has 2 rings (SSSR count). The molecule has 0 saturated carbocycles. The zero-order valence-corrected chi connectivity index (χ0v) is 12.5. The summed E-state index contributed by atoms with van der Waals surface area (Å²) in [6.45, 7) is 0.111. The summed E-state index contributed by atoms with van der Waals surface area (Å²) in [4.78, 5) is 0. The Morgan fingerprint density at radius 1 is 0.905 bits per heavy atom. The third-order valence-electron chi connectivity index (χ3n) is 3.65. The standard InChI is InChI=1S/C17H19ClO3/c18-15-8-6-14(7-9-15)17(12-19,13-20)10-11-21-16-4-2-1-3-5-16/h1-9,19-20H,10-13H2. The highest BCUT2D eigenvalue weighted by Crippen LogP contribution is 2.28. The van der Waals surface area contributed by atoms with Crippen molar-refractivity contribution in [3.05, 3.63) is 65.2 Å². The predicted octanol–water partition coefficient (Wildman–Crippen LogP) is 3.03. The molecular weight excluding hydrogens is 288 g/mol. The predicted molar refractivity (Wildman–Crippen MR) is 83.9 cm³/mol. The fraction of sp³-hybridized carbons (Fsp3) is 0.294. The second-order valence-electron chi connectivity index (χ2n) is 5.01. The first-order chi connectivity index (χ1) is 10.2. The highest BCUT2D eigenvalue weighted by Gasteiger charge is 2.31. The van der Waals surface area contributed by atoms with E-state index < -0.39 is 5.41 Å². The first-order valence-electron chi connectivity index (χ1n) is 6.86. The number of hydrogen-bond acceptors (Lipinski definition) is 3. The molecule has 0 heterocycles. The second kappa shape index (κ2) is 7.46. The maximum atomic E-state index is 9.75. The molecule has 21 heavy (non-hydrogen) atoms. The topological polar surface area (TPSA) is 49.7 Å². The summed E-state index contributed by atoms with van der Waals surface area (Å²) in [7, 11) is 0. The number of halogens is 1. The van der Waals surface area contributed by atoms with Crippen LogP contribution in [0.2, 0.25) is 5.02 Å². The fourth-order valence-corrected chi connectivity index (χ4v) is 2.35. The Bertz CT molecular complexity index is 536. The molecule has 0 bridgehead atoms. The Labute approximate surface area is 129 Å². The molecule has 112 valence electrons. The Morgan fingerprint density at radius 3 is 2.10 bits per heavy atom. The molecule has 0 fully saturated rings. The van der Waals surface area contributed by atoms with E-state index in [-0.39, 0.29) is 13.2 Å². The molecule has 2 N–H and O–H groups in total. The van der Waals surface area contributed by atoms with Gasteiger partial charge in [-0.1, -0.05) is 41.9 Å². The summed E-state index contributed by atoms with van der Waals surface area (Å²) in [6.07, 6.45) is 0.510. The van der Waals surface area contributed by atoms with Crippen molar-refractivity contribution in [3.8, 4) is 5.75 Å². The molecule has 0 amide bonds. The second-order valence-corrected chi connectivity index (χ2v) is 5.45. The van der Waals surface area contributed by atoms with E-state index >= 15 is 0 Å². The number of aliphatic hydroxyl groups excluding tert-OH is 2. The number of para-hydroxylation sites is 1. The van der Waals surface area contributed by atoms with Crippen molar-refractivity contribution in [2.45, 2.75) is 11.8 Å². The van der Waals surface area contributed by atoms with Crippen LogP contribution in [0.25, 0.3) is 0 Å². The van der Waals surface area contributed by atoms with Crippen molar-refractivity contribution < 1.29 is 14.9 Å². The molecule has 2 aromatic carbocycles. The van der Waals surface area contributed by atoms with E-state index in [2.05, 4.69) is 0 Å². The average Bonchev–Trinajstić information content (AvgIpc) is 2.54. The van der Waals surface area contributed by atoms with Crippen LogP contribution in [0.1, 0.15) is 12.0 Å². The molecule has 3 nitrogen and oxygen atoms in total. The van der Waals surface area contributed by atoms with Crippen molar-refractivity contribution in [2.75, 3.05) is 19.8 Å². The van der Waals surface area contributed by atoms with Crippen molar-refractivity contribution in [2.24, 2.45) is 0 Å². The van der Waals surface area contributed by atoms with Gasteiger partial charge in [0.05, 0.1) is 19.8 Å². The summed E-state index contributed by atoms with van der Waals surface area (Å²) in [5, 5.41) is 20.1. The van der Waals surface area contributed by atoms with Crippen LogP contribution in [0.15, 0.2) is 54.6 Å². The van der Waals surface area contributed by atoms with Gasteiger partial charge in [0.1, 0.15) is 5.75 Å². The van der Waals surface area contributed by atoms with Gasteiger partial charge < -0.3 is 14.9 Å². The van der Waals surface area contributed by atoms with Crippen LogP contribution in [0.5, 0.6) is 5.75 Å². The van der Waals surface area contributed by atoms with Crippen LogP contribution >= 0.6 is 11.6 Å². The summed E-state index contributed by atoms with van der Waals surface area (Å²) >= 11 is 5.88. The van der Waals surface area contributed by atoms with Gasteiger partial charge in [-0.15, -0.1) is 0 Å². The van der Waals surface area contributed by atoms with Gasteiger partial charge in [0.2, 0.25) is 0 Å². The monoisotopic (exact) mass is 306 g/mol. The van der Waals surface area contributed by atoms with Crippen molar-refractivity contribution in [1.82, 2.24) is 0 Å². The van der Waals surface area contributed by atoms with E-state index in [9.17, 15) is 10.2 Å². The lowest BCUT2D eigenvalue weighted by molar-refractivity contribution is 0.0951. The van der Waals surface area contributed by atoms with E-state index in [1.54, 1.807) is 12.1 Å². The Balaban J connectivity index is 2.06. The molecule has 0 atom stereocenters. The summed E-state index contributed by atoms with van der Waals surface area (Å²) in [5.41, 5.74) is 0.132. The Morgan fingerprint density at radius 2 is 1.52 bits per heavy atom. The van der Waals surface area contributed by atoms with E-state index in [4.69, 9.17) is 16.3 Å². The zero-order chi connectivity index (χ0) is 15.1. The van der Waals surface area contributed by atoms with Gasteiger partial charge in [0.15, 0.2) is 0 Å². The lowest BCUT2D eigenvalue weighted by Gasteiger charge is -2.30. The van der Waals surface area contributed by atoms with Crippen LogP contribution in [0.3, 0.4) is 0 Å². The van der Waals surface area contributed by atoms with E-state index in [0.717, 1.165) is 11.3 Å². The smallest absolute Gasteiger partial charge is 0.119 e. The Hall–Kier alpha value is -1.55. The molecule has 0 aliphatic heterocycles. The van der Waals surface area contributed by atoms with Crippen molar-refractivity contribution >= 4 is 11.6 Å². The van der Waals surface area contributed by atoms with Crippen molar-refractivity contribution in [3.63, 3.8) is 0 Å². The van der Waals surface area contributed by atoms with Gasteiger partial charge in [-0.05, 0) is 36.2 Å². The maximum absolute atomic E-state index is 9.75. The molecule has 2 aromatic rings. The van der Waals surface area contributed by atoms with Gasteiger partial charge >= 0.3 is 0 Å². The minimum absolute atomic E-state index is 0.150. The van der Waals surface area contributed by atoms with Crippen LogP contribution in [0, 0.1) is 0 Å². The lowest BCUT2D eigenvalue weighted by Crippen LogP contribution is -2.36. The number of hydrogen-bond donors (Lipinski definition) is 2. The number of benzene rings is 2. The highest BCUT2D eigenvalue weighted by molar-refractivity contribution is 6.30. The molecule has 0 aliphatic rings. The van der Waals surface area contributed by atoms with E-state index in [0.29, 0.717) is 18.1 Å². The normalized spacial score (nSPS) is 11.4. The molecule has 0 aromatic heterocycles. The first-order valence-corrected chi connectivity index (χ1v) is 7.23. The molecule has 0 spiro atoms. The Kier molecular flexibility index (Phi) is 5.62. The highest BCUT2D eigenvalue weighted by atomic mass is 35.5. The molecular formula is C17H19ClO3. The summed E-state index contributed by atoms with van der Waals surface area (Å²) in [6, 6.07) is 16.7. The van der Waals surface area contributed by atoms with Gasteiger partial charge in [0.25, 0.3) is 0 Å². The van der Waals surface area contributed by atoms with Gasteiger partial charge in [-0.2, -0.15) is 0 Å². The molecule has 0 radical (unpaired) electrons. The molecule has 0 saturated heterocycles. The number of ether oxygens (including phenoxy) is 1. The summed E-state index contributed by atoms with van der Waals surface area (Å²) < 4.78 is 5.66. The third kappa shape index (κ3) is 3.97.